The van der Waals surface area contributed by atoms with E-state index in [1.807, 2.05) is 0 Å². The quantitative estimate of drug-likeness (QED) is 0.454. The first kappa shape index (κ1) is 19.1. The molecule has 4 aromatic rings. The maximum Gasteiger partial charge on any atom is 0.261 e. The number of hydrogen-bond acceptors (Lipinski definition) is 5. The molecule has 146 valence electrons. The molecule has 1 amide bonds. The number of thiazole rings is 1. The van der Waals surface area contributed by atoms with Gasteiger partial charge in [-0.25, -0.2) is 9.37 Å². The van der Waals surface area contributed by atoms with E-state index >= 15 is 0 Å². The Bertz CT molecular complexity index is 1170. The fourth-order valence-corrected chi connectivity index (χ4v) is 3.59. The normalized spacial score (nSPS) is 10.7. The topological polar surface area (TPSA) is 79.9 Å². The van der Waals surface area contributed by atoms with Crippen LogP contribution in [0.4, 0.5) is 9.52 Å². The molecular formula is C20H14ClFN4O2S. The molecule has 29 heavy (non-hydrogen) atoms. The Balaban J connectivity index is 1.54. The number of ether oxygens (including phenoxy) is 1. The summed E-state index contributed by atoms with van der Waals surface area (Å²) in [6.07, 6.45) is 1.45. The third-order valence-corrected chi connectivity index (χ3v) is 5.20. The Morgan fingerprint density at radius 2 is 1.97 bits per heavy atom. The number of aromatic nitrogens is 3. The van der Waals surface area contributed by atoms with E-state index in [1.54, 1.807) is 35.7 Å². The van der Waals surface area contributed by atoms with Gasteiger partial charge in [0, 0.05) is 21.5 Å². The van der Waals surface area contributed by atoms with Gasteiger partial charge in [0.25, 0.3) is 5.91 Å². The molecule has 4 rings (SSSR count). The van der Waals surface area contributed by atoms with Crippen LogP contribution < -0.4 is 10.1 Å². The highest BCUT2D eigenvalue weighted by atomic mass is 35.5. The van der Waals surface area contributed by atoms with Gasteiger partial charge >= 0.3 is 0 Å². The van der Waals surface area contributed by atoms with Crippen molar-refractivity contribution >= 4 is 34.0 Å². The number of nitrogens with one attached hydrogen (secondary N) is 2. The summed E-state index contributed by atoms with van der Waals surface area (Å²) in [5.74, 6) is -0.674. The van der Waals surface area contributed by atoms with Gasteiger partial charge in [0.1, 0.15) is 0 Å². The van der Waals surface area contributed by atoms with Crippen LogP contribution in [0, 0.1) is 5.82 Å². The number of carbonyl (C=O) groups excluding carboxylic acids is 1. The molecule has 9 heteroatoms. The number of halogens is 2. The van der Waals surface area contributed by atoms with Crippen LogP contribution in [0.3, 0.4) is 0 Å². The van der Waals surface area contributed by atoms with E-state index in [9.17, 15) is 9.18 Å². The van der Waals surface area contributed by atoms with Crippen LogP contribution in [0.5, 0.6) is 5.75 Å². The zero-order valence-corrected chi connectivity index (χ0v) is 16.6. The van der Waals surface area contributed by atoms with E-state index in [-0.39, 0.29) is 11.7 Å². The van der Waals surface area contributed by atoms with Crippen molar-refractivity contribution in [1.82, 2.24) is 15.2 Å². The molecule has 0 unspecified atom stereocenters. The molecular weight excluding hydrogens is 415 g/mol. The van der Waals surface area contributed by atoms with Crippen LogP contribution in [0.1, 0.15) is 10.4 Å². The molecule has 2 aromatic heterocycles. The third-order valence-electron chi connectivity index (χ3n) is 4.19. The first-order chi connectivity index (χ1) is 14.0. The summed E-state index contributed by atoms with van der Waals surface area (Å²) in [6.45, 7) is 0. The van der Waals surface area contributed by atoms with Gasteiger partial charge in [-0.3, -0.25) is 15.2 Å². The summed E-state index contributed by atoms with van der Waals surface area (Å²) in [4.78, 5) is 17.1. The average Bonchev–Trinajstić information content (AvgIpc) is 3.38. The smallest absolute Gasteiger partial charge is 0.261 e. The largest absolute Gasteiger partial charge is 0.494 e. The number of anilines is 1. The van der Waals surface area contributed by atoms with E-state index < -0.39 is 5.82 Å². The zero-order chi connectivity index (χ0) is 20.4. The van der Waals surface area contributed by atoms with Gasteiger partial charge < -0.3 is 4.74 Å². The van der Waals surface area contributed by atoms with Crippen LogP contribution in [0.2, 0.25) is 5.02 Å². The van der Waals surface area contributed by atoms with Crippen molar-refractivity contribution in [2.45, 2.75) is 0 Å². The van der Waals surface area contributed by atoms with E-state index in [1.165, 1.54) is 36.8 Å². The van der Waals surface area contributed by atoms with E-state index in [0.29, 0.717) is 32.7 Å². The van der Waals surface area contributed by atoms with E-state index in [2.05, 4.69) is 20.5 Å². The van der Waals surface area contributed by atoms with Gasteiger partial charge in [0.2, 0.25) is 0 Å². The molecule has 0 saturated carbocycles. The minimum absolute atomic E-state index is 0.159. The lowest BCUT2D eigenvalue weighted by molar-refractivity contribution is 0.102. The summed E-state index contributed by atoms with van der Waals surface area (Å²) in [5.41, 5.74) is 2.88. The molecule has 0 aliphatic heterocycles. The first-order valence-corrected chi connectivity index (χ1v) is 9.71. The second-order valence-corrected chi connectivity index (χ2v) is 7.30. The first-order valence-electron chi connectivity index (χ1n) is 8.45. The molecule has 2 aromatic carbocycles. The molecule has 0 fully saturated rings. The van der Waals surface area contributed by atoms with Crippen LogP contribution in [0.15, 0.2) is 54.0 Å². The van der Waals surface area contributed by atoms with Gasteiger partial charge in [-0.2, -0.15) is 5.10 Å². The highest BCUT2D eigenvalue weighted by Gasteiger charge is 2.17. The van der Waals surface area contributed by atoms with Gasteiger partial charge in [0.15, 0.2) is 16.7 Å². The van der Waals surface area contributed by atoms with Crippen molar-refractivity contribution in [3.63, 3.8) is 0 Å². The number of hydrogen-bond donors (Lipinski definition) is 2. The summed E-state index contributed by atoms with van der Waals surface area (Å²) in [7, 11) is 1.41. The van der Waals surface area contributed by atoms with Crippen LogP contribution in [-0.4, -0.2) is 28.2 Å². The van der Waals surface area contributed by atoms with Gasteiger partial charge in [-0.1, -0.05) is 23.7 Å². The van der Waals surface area contributed by atoms with Gasteiger partial charge in [-0.05, 0) is 30.3 Å². The molecule has 0 aliphatic carbocycles. The van der Waals surface area contributed by atoms with Crippen molar-refractivity contribution in [3.8, 4) is 28.3 Å². The maximum absolute atomic E-state index is 13.9. The maximum atomic E-state index is 13.9. The Morgan fingerprint density at radius 3 is 2.69 bits per heavy atom. The Labute approximate surface area is 174 Å². The molecule has 0 spiro atoms. The summed E-state index contributed by atoms with van der Waals surface area (Å²) in [6, 6.07) is 11.7. The zero-order valence-electron chi connectivity index (χ0n) is 15.1. The molecule has 0 aliphatic rings. The SMILES string of the molecule is COc1ccc(-c2csc(NC(=O)c3cn[nH]c3-c3ccc(Cl)cc3)n2)cc1F. The number of amides is 1. The molecule has 0 bridgehead atoms. The van der Waals surface area contributed by atoms with Crippen molar-refractivity contribution in [2.24, 2.45) is 0 Å². The number of methoxy groups -OCH3 is 1. The van der Waals surface area contributed by atoms with Crippen LogP contribution >= 0.6 is 22.9 Å². The molecule has 2 N–H and O–H groups in total. The molecule has 2 heterocycles. The highest BCUT2D eigenvalue weighted by Crippen LogP contribution is 2.29. The summed E-state index contributed by atoms with van der Waals surface area (Å²) < 4.78 is 18.9. The highest BCUT2D eigenvalue weighted by molar-refractivity contribution is 7.14. The standard InChI is InChI=1S/C20H14ClFN4O2S/c1-28-17-7-4-12(8-15(17)22)16-10-29-20(24-16)25-19(27)14-9-23-26-18(14)11-2-5-13(21)6-3-11/h2-10H,1H3,(H,23,26)(H,24,25,27). The lowest BCUT2D eigenvalue weighted by Crippen LogP contribution is -2.12. The number of benzene rings is 2. The molecule has 6 nitrogen and oxygen atoms in total. The van der Waals surface area contributed by atoms with E-state index in [4.69, 9.17) is 16.3 Å². The predicted octanol–water partition coefficient (Wildman–Crippen LogP) is 5.25. The Morgan fingerprint density at radius 1 is 1.21 bits per heavy atom. The summed E-state index contributed by atoms with van der Waals surface area (Å²) in [5, 5.41) is 12.3. The molecule has 0 radical (unpaired) electrons. The number of H-pyrrole nitrogens is 1. The Hall–Kier alpha value is -3.23. The fourth-order valence-electron chi connectivity index (χ4n) is 2.75. The second-order valence-electron chi connectivity index (χ2n) is 6.01. The van der Waals surface area contributed by atoms with Crippen molar-refractivity contribution in [1.29, 1.82) is 0 Å². The second kappa shape index (κ2) is 8.02. The van der Waals surface area contributed by atoms with Crippen LogP contribution in [-0.2, 0) is 0 Å². The number of aromatic amines is 1. The summed E-state index contributed by atoms with van der Waals surface area (Å²) >= 11 is 7.16. The van der Waals surface area contributed by atoms with E-state index in [0.717, 1.165) is 5.56 Å². The molecule has 0 atom stereocenters. The van der Waals surface area contributed by atoms with Crippen molar-refractivity contribution in [2.75, 3.05) is 12.4 Å². The fraction of sp³-hybridized carbons (Fsp3) is 0.0500. The third kappa shape index (κ3) is 3.98. The monoisotopic (exact) mass is 428 g/mol. The van der Waals surface area contributed by atoms with Gasteiger partial charge in [0.05, 0.1) is 30.3 Å². The lowest BCUT2D eigenvalue weighted by Gasteiger charge is -2.04. The van der Waals surface area contributed by atoms with Crippen molar-refractivity contribution < 1.29 is 13.9 Å². The van der Waals surface area contributed by atoms with Crippen molar-refractivity contribution in [3.05, 3.63) is 70.4 Å². The minimum atomic E-state index is -0.477. The number of rotatable bonds is 5. The predicted molar refractivity (Wildman–Crippen MR) is 111 cm³/mol. The average molecular weight is 429 g/mol. The lowest BCUT2D eigenvalue weighted by atomic mass is 10.1. The Kier molecular flexibility index (Phi) is 5.28. The molecule has 0 saturated heterocycles. The number of carbonyl (C=O) groups is 1. The van der Waals surface area contributed by atoms with Gasteiger partial charge in [-0.15, -0.1) is 11.3 Å². The van der Waals surface area contributed by atoms with Crippen LogP contribution in [0.25, 0.3) is 22.5 Å². The minimum Gasteiger partial charge on any atom is -0.494 e. The number of nitrogens with zero attached hydrogens (tertiary/aromatic N) is 2.